The van der Waals surface area contributed by atoms with E-state index in [0.29, 0.717) is 0 Å². The van der Waals surface area contributed by atoms with Gasteiger partial charge in [-0.25, -0.2) is 4.79 Å². The van der Waals surface area contributed by atoms with Crippen LogP contribution in [0.2, 0.25) is 0 Å². The van der Waals surface area contributed by atoms with Crippen molar-refractivity contribution in [2.24, 2.45) is 5.18 Å². The summed E-state index contributed by atoms with van der Waals surface area (Å²) in [5.41, 5.74) is 1.72. The van der Waals surface area contributed by atoms with E-state index in [9.17, 15) is 9.70 Å². The highest BCUT2D eigenvalue weighted by Gasteiger charge is 2.28. The van der Waals surface area contributed by atoms with Crippen LogP contribution in [0.5, 0.6) is 0 Å². The fourth-order valence-corrected chi connectivity index (χ4v) is 1.99. The number of nitroso groups, excluding NO2 is 1. The predicted molar refractivity (Wildman–Crippen MR) is 63.9 cm³/mol. The van der Waals surface area contributed by atoms with Gasteiger partial charge in [0.25, 0.3) is 0 Å². The minimum atomic E-state index is -1.26. The Bertz CT molecular complexity index is 562. The second kappa shape index (κ2) is 4.37. The van der Waals surface area contributed by atoms with Gasteiger partial charge in [-0.15, -0.1) is 4.91 Å². The molecular formula is C12H12N2O3. The number of aromatic nitrogens is 1. The molecule has 5 nitrogen and oxygen atoms in total. The Morgan fingerprint density at radius 2 is 2.12 bits per heavy atom. The monoisotopic (exact) mass is 232 g/mol. The van der Waals surface area contributed by atoms with E-state index in [1.807, 2.05) is 24.3 Å². The van der Waals surface area contributed by atoms with Crippen LogP contribution in [0.1, 0.15) is 18.4 Å². The van der Waals surface area contributed by atoms with E-state index in [2.05, 4.69) is 10.2 Å². The molecule has 5 heteroatoms. The maximum absolute atomic E-state index is 10.9. The number of H-pyrrole nitrogens is 1. The zero-order valence-corrected chi connectivity index (χ0v) is 9.25. The number of hydrogen-bond donors (Lipinski definition) is 2. The molecule has 0 aliphatic rings. The molecule has 1 aromatic heterocycles. The van der Waals surface area contributed by atoms with E-state index in [0.717, 1.165) is 16.5 Å². The normalized spacial score (nSPS) is 14.4. The van der Waals surface area contributed by atoms with Gasteiger partial charge in [0.1, 0.15) is 0 Å². The highest BCUT2D eigenvalue weighted by Crippen LogP contribution is 2.28. The molecule has 0 bridgehead atoms. The molecular weight excluding hydrogens is 220 g/mol. The second-order valence-corrected chi connectivity index (χ2v) is 3.97. The third-order valence-electron chi connectivity index (χ3n) is 2.95. The van der Waals surface area contributed by atoms with Crippen molar-refractivity contribution in [2.75, 3.05) is 0 Å². The number of aromatic amines is 1. The Morgan fingerprint density at radius 3 is 2.76 bits per heavy atom. The van der Waals surface area contributed by atoms with Crippen molar-refractivity contribution >= 4 is 16.9 Å². The van der Waals surface area contributed by atoms with Crippen LogP contribution in [0, 0.1) is 4.91 Å². The Kier molecular flexibility index (Phi) is 2.91. The Labute approximate surface area is 97.4 Å². The van der Waals surface area contributed by atoms with Gasteiger partial charge >= 0.3 is 5.97 Å². The summed E-state index contributed by atoms with van der Waals surface area (Å²) >= 11 is 0. The highest BCUT2D eigenvalue weighted by atomic mass is 16.4. The van der Waals surface area contributed by atoms with Crippen LogP contribution < -0.4 is 0 Å². The fourth-order valence-electron chi connectivity index (χ4n) is 1.99. The van der Waals surface area contributed by atoms with E-state index < -0.39 is 17.9 Å². The number of carbonyl (C=O) groups is 1. The van der Waals surface area contributed by atoms with Gasteiger partial charge in [0.2, 0.25) is 0 Å². The number of fused-ring (bicyclic) bond motifs is 1. The number of carboxylic acid groups (broad SMARTS) is 1. The van der Waals surface area contributed by atoms with Crippen LogP contribution >= 0.6 is 0 Å². The summed E-state index contributed by atoms with van der Waals surface area (Å²) in [5, 5.41) is 12.5. The molecule has 0 saturated carbocycles. The standard InChI is InChI=1S/C12H12N2O3/c1-7(11(14-17)12(15)16)9-6-13-10-5-3-2-4-8(9)10/h2-7,11,13H,1H3,(H,15,16)/t7?,11-/m0/s1. The molecule has 0 amide bonds. The lowest BCUT2D eigenvalue weighted by Crippen LogP contribution is -2.23. The summed E-state index contributed by atoms with van der Waals surface area (Å²) in [5.74, 6) is -1.65. The third kappa shape index (κ3) is 1.91. The summed E-state index contributed by atoms with van der Waals surface area (Å²) in [6.07, 6.45) is 1.73. The molecule has 17 heavy (non-hydrogen) atoms. The first-order chi connectivity index (χ1) is 8.15. The molecule has 1 aromatic carbocycles. The molecule has 0 radical (unpaired) electrons. The third-order valence-corrected chi connectivity index (χ3v) is 2.95. The van der Waals surface area contributed by atoms with E-state index >= 15 is 0 Å². The number of para-hydroxylation sites is 1. The van der Waals surface area contributed by atoms with Gasteiger partial charge in [-0.2, -0.15) is 0 Å². The van der Waals surface area contributed by atoms with Gasteiger partial charge in [-0.3, -0.25) is 0 Å². The van der Waals surface area contributed by atoms with Crippen LogP contribution in [-0.4, -0.2) is 22.1 Å². The number of benzene rings is 1. The van der Waals surface area contributed by atoms with Crippen molar-refractivity contribution in [1.29, 1.82) is 0 Å². The average Bonchev–Trinajstić information content (AvgIpc) is 2.72. The molecule has 1 heterocycles. The van der Waals surface area contributed by atoms with E-state index in [-0.39, 0.29) is 0 Å². The minimum absolute atomic E-state index is 0.457. The predicted octanol–water partition coefficient (Wildman–Crippen LogP) is 2.49. The molecule has 0 saturated heterocycles. The van der Waals surface area contributed by atoms with Crippen LogP contribution in [0.4, 0.5) is 0 Å². The van der Waals surface area contributed by atoms with Crippen molar-refractivity contribution in [3.05, 3.63) is 40.9 Å². The second-order valence-electron chi connectivity index (χ2n) is 3.97. The number of hydrogen-bond acceptors (Lipinski definition) is 3. The van der Waals surface area contributed by atoms with E-state index in [1.54, 1.807) is 13.1 Å². The summed E-state index contributed by atoms with van der Waals surface area (Å²) in [7, 11) is 0. The highest BCUT2D eigenvalue weighted by molar-refractivity contribution is 5.85. The van der Waals surface area contributed by atoms with E-state index in [1.165, 1.54) is 0 Å². The summed E-state index contributed by atoms with van der Waals surface area (Å²) in [6.45, 7) is 1.69. The van der Waals surface area contributed by atoms with Gasteiger partial charge in [-0.05, 0) is 11.6 Å². The molecule has 0 aliphatic carbocycles. The number of nitrogens with zero attached hydrogens (tertiary/aromatic N) is 1. The lowest BCUT2D eigenvalue weighted by Gasteiger charge is -2.12. The number of aliphatic carboxylic acids is 1. The molecule has 0 aliphatic heterocycles. The van der Waals surface area contributed by atoms with Gasteiger partial charge in [0.15, 0.2) is 6.04 Å². The molecule has 2 rings (SSSR count). The Morgan fingerprint density at radius 1 is 1.41 bits per heavy atom. The zero-order valence-electron chi connectivity index (χ0n) is 9.25. The van der Waals surface area contributed by atoms with Crippen molar-refractivity contribution in [3.8, 4) is 0 Å². The average molecular weight is 232 g/mol. The summed E-state index contributed by atoms with van der Waals surface area (Å²) < 4.78 is 0. The number of carboxylic acids is 1. The van der Waals surface area contributed by atoms with Gasteiger partial charge in [0.05, 0.1) is 0 Å². The number of nitrogens with one attached hydrogen (secondary N) is 1. The maximum Gasteiger partial charge on any atom is 0.332 e. The maximum atomic E-state index is 10.9. The minimum Gasteiger partial charge on any atom is -0.480 e. The fraction of sp³-hybridized carbons (Fsp3) is 0.250. The van der Waals surface area contributed by atoms with Crippen molar-refractivity contribution < 1.29 is 9.90 Å². The topological polar surface area (TPSA) is 82.5 Å². The molecule has 1 unspecified atom stereocenters. The Balaban J connectivity index is 2.46. The van der Waals surface area contributed by atoms with E-state index in [4.69, 9.17) is 5.11 Å². The van der Waals surface area contributed by atoms with Crippen LogP contribution in [0.3, 0.4) is 0 Å². The van der Waals surface area contributed by atoms with Crippen molar-refractivity contribution in [2.45, 2.75) is 18.9 Å². The zero-order chi connectivity index (χ0) is 12.4. The van der Waals surface area contributed by atoms with Crippen molar-refractivity contribution in [1.82, 2.24) is 4.98 Å². The number of rotatable bonds is 4. The lowest BCUT2D eigenvalue weighted by atomic mass is 9.93. The molecule has 2 atom stereocenters. The first-order valence-electron chi connectivity index (χ1n) is 5.26. The van der Waals surface area contributed by atoms with Crippen LogP contribution in [0.15, 0.2) is 35.6 Å². The first-order valence-corrected chi connectivity index (χ1v) is 5.26. The smallest absolute Gasteiger partial charge is 0.332 e. The lowest BCUT2D eigenvalue weighted by molar-refractivity contribution is -0.138. The summed E-state index contributed by atoms with van der Waals surface area (Å²) in [6, 6.07) is 6.29. The molecule has 2 aromatic rings. The van der Waals surface area contributed by atoms with Crippen LogP contribution in [0.25, 0.3) is 10.9 Å². The molecule has 2 N–H and O–H groups in total. The SMILES string of the molecule is CC(c1c[nH]c2ccccc12)[C@H](N=O)C(=O)O. The quantitative estimate of drug-likeness (QED) is 0.794. The molecule has 0 fully saturated rings. The van der Waals surface area contributed by atoms with Gasteiger partial charge in [-0.1, -0.05) is 30.3 Å². The first kappa shape index (κ1) is 11.3. The molecule has 0 spiro atoms. The van der Waals surface area contributed by atoms with Gasteiger partial charge in [0, 0.05) is 23.0 Å². The Hall–Kier alpha value is -2.17. The van der Waals surface area contributed by atoms with Crippen molar-refractivity contribution in [3.63, 3.8) is 0 Å². The molecule has 88 valence electrons. The largest absolute Gasteiger partial charge is 0.480 e. The van der Waals surface area contributed by atoms with Gasteiger partial charge < -0.3 is 10.1 Å². The van der Waals surface area contributed by atoms with Crippen LogP contribution in [-0.2, 0) is 4.79 Å². The summed E-state index contributed by atoms with van der Waals surface area (Å²) in [4.78, 5) is 24.5.